The van der Waals surface area contributed by atoms with Gasteiger partial charge in [-0.05, 0) is 29.8 Å². The van der Waals surface area contributed by atoms with Crippen LogP contribution in [0.5, 0.6) is 0 Å². The molecule has 0 bridgehead atoms. The molecule has 4 N–H and O–H groups in total. The molecule has 4 aromatic rings. The van der Waals surface area contributed by atoms with Crippen molar-refractivity contribution in [1.82, 2.24) is 19.6 Å². The first-order valence-electron chi connectivity index (χ1n) is 8.87. The summed E-state index contributed by atoms with van der Waals surface area (Å²) in [6, 6.07) is 17.1. The van der Waals surface area contributed by atoms with Gasteiger partial charge < -0.3 is 11.1 Å². The number of anilines is 1. The van der Waals surface area contributed by atoms with Crippen LogP contribution < -0.4 is 16.6 Å². The van der Waals surface area contributed by atoms with Crippen LogP contribution in [-0.2, 0) is 4.79 Å². The molecule has 0 aliphatic rings. The monoisotopic (exact) mass is 420 g/mol. The van der Waals surface area contributed by atoms with Crippen molar-refractivity contribution >= 4 is 35.0 Å². The number of fused-ring (bicyclic) bond motifs is 1. The smallest absolute Gasteiger partial charge is 0.252 e. The van der Waals surface area contributed by atoms with Gasteiger partial charge in [-0.2, -0.15) is 0 Å². The molecule has 2 amide bonds. The number of hydrogen-bond donors (Lipinski definition) is 3. The largest absolute Gasteiger partial charge is 0.366 e. The van der Waals surface area contributed by atoms with Gasteiger partial charge in [-0.25, -0.2) is 0 Å². The lowest BCUT2D eigenvalue weighted by Crippen LogP contribution is -2.15. The normalized spacial score (nSPS) is 10.8. The van der Waals surface area contributed by atoms with E-state index in [2.05, 4.69) is 20.5 Å². The molecule has 9 nitrogen and oxygen atoms in total. The second kappa shape index (κ2) is 8.21. The molecule has 0 saturated heterocycles. The number of H-pyrrole nitrogens is 1. The number of thioether (sulfide) groups is 1. The molecule has 2 aromatic carbocycles. The van der Waals surface area contributed by atoms with Gasteiger partial charge in [-0.15, -0.1) is 10.2 Å². The molecule has 0 saturated carbocycles. The zero-order chi connectivity index (χ0) is 21.1. The Morgan fingerprint density at radius 2 is 1.80 bits per heavy atom. The first kappa shape index (κ1) is 19.4. The lowest BCUT2D eigenvalue weighted by atomic mass is 10.1. The van der Waals surface area contributed by atoms with Crippen molar-refractivity contribution in [3.63, 3.8) is 0 Å². The Morgan fingerprint density at radius 3 is 2.50 bits per heavy atom. The zero-order valence-corrected chi connectivity index (χ0v) is 16.3. The summed E-state index contributed by atoms with van der Waals surface area (Å²) in [7, 11) is 0. The number of nitrogens with two attached hydrogens (primary N) is 1. The molecule has 150 valence electrons. The fourth-order valence-corrected chi connectivity index (χ4v) is 3.61. The van der Waals surface area contributed by atoms with E-state index in [9.17, 15) is 14.4 Å². The molecular weight excluding hydrogens is 404 g/mol. The van der Waals surface area contributed by atoms with Crippen molar-refractivity contribution in [1.29, 1.82) is 0 Å². The van der Waals surface area contributed by atoms with Crippen LogP contribution >= 0.6 is 11.8 Å². The van der Waals surface area contributed by atoms with E-state index in [1.54, 1.807) is 28.7 Å². The molecule has 0 spiro atoms. The standard InChI is InChI=1S/C20H16N6O3S/c21-18(29)13-6-8-14(9-7-13)22-17(28)11-30-20-25-24-19-23-16(27)10-15(26(19)20)12-4-2-1-3-5-12/h1-10H,11H2,(H2,21,29)(H,22,28)(H,23,24,27). The number of benzene rings is 2. The van der Waals surface area contributed by atoms with Crippen molar-refractivity contribution in [3.05, 3.63) is 76.6 Å². The van der Waals surface area contributed by atoms with E-state index in [0.717, 1.165) is 5.56 Å². The van der Waals surface area contributed by atoms with Gasteiger partial charge >= 0.3 is 0 Å². The van der Waals surface area contributed by atoms with Crippen LogP contribution in [0.3, 0.4) is 0 Å². The highest BCUT2D eigenvalue weighted by Gasteiger charge is 2.15. The average Bonchev–Trinajstić information content (AvgIpc) is 3.15. The van der Waals surface area contributed by atoms with Crippen LogP contribution in [-0.4, -0.2) is 37.1 Å². The summed E-state index contributed by atoms with van der Waals surface area (Å²) in [5.74, 6) is -0.416. The summed E-state index contributed by atoms with van der Waals surface area (Å²) in [5, 5.41) is 11.3. The fourth-order valence-electron chi connectivity index (χ4n) is 2.86. The molecule has 10 heteroatoms. The summed E-state index contributed by atoms with van der Waals surface area (Å²) in [5.41, 5.74) is 7.28. The van der Waals surface area contributed by atoms with Crippen molar-refractivity contribution < 1.29 is 9.59 Å². The SMILES string of the molecule is NC(=O)c1ccc(NC(=O)CSc2nnc3[nH]c(=O)cc(-c4ccccc4)n23)cc1. The first-order valence-corrected chi connectivity index (χ1v) is 9.86. The minimum Gasteiger partial charge on any atom is -0.366 e. The van der Waals surface area contributed by atoms with Gasteiger partial charge in [0.05, 0.1) is 11.4 Å². The molecule has 30 heavy (non-hydrogen) atoms. The second-order valence-electron chi connectivity index (χ2n) is 6.30. The minimum absolute atomic E-state index is 0.0751. The van der Waals surface area contributed by atoms with Crippen LogP contribution in [0, 0.1) is 0 Å². The molecule has 0 unspecified atom stereocenters. The lowest BCUT2D eigenvalue weighted by molar-refractivity contribution is -0.113. The highest BCUT2D eigenvalue weighted by Crippen LogP contribution is 2.24. The fraction of sp³-hybridized carbons (Fsp3) is 0.0500. The van der Waals surface area contributed by atoms with E-state index >= 15 is 0 Å². The molecule has 2 aromatic heterocycles. The molecular formula is C20H16N6O3S. The Kier molecular flexibility index (Phi) is 5.31. The number of rotatable bonds is 6. The summed E-state index contributed by atoms with van der Waals surface area (Å²) < 4.78 is 1.70. The number of amides is 2. The summed E-state index contributed by atoms with van der Waals surface area (Å²) in [4.78, 5) is 38.1. The number of nitrogens with zero attached hydrogens (tertiary/aromatic N) is 3. The topological polar surface area (TPSA) is 135 Å². The van der Waals surface area contributed by atoms with Crippen LogP contribution in [0.15, 0.2) is 70.6 Å². The van der Waals surface area contributed by atoms with Crippen molar-refractivity contribution in [2.45, 2.75) is 5.16 Å². The molecule has 0 atom stereocenters. The molecule has 4 rings (SSSR count). The second-order valence-corrected chi connectivity index (χ2v) is 7.25. The minimum atomic E-state index is -0.533. The van der Waals surface area contributed by atoms with Crippen molar-refractivity contribution in [3.8, 4) is 11.3 Å². The van der Waals surface area contributed by atoms with E-state index in [1.807, 2.05) is 30.3 Å². The molecule has 2 heterocycles. The van der Waals surface area contributed by atoms with Gasteiger partial charge in [0.2, 0.25) is 17.6 Å². The van der Waals surface area contributed by atoms with Gasteiger partial charge in [0.15, 0.2) is 5.16 Å². The first-order chi connectivity index (χ1) is 14.5. The van der Waals surface area contributed by atoms with Crippen LogP contribution in [0.1, 0.15) is 10.4 Å². The predicted molar refractivity (Wildman–Crippen MR) is 113 cm³/mol. The van der Waals surface area contributed by atoms with Crippen molar-refractivity contribution in [2.75, 3.05) is 11.1 Å². The predicted octanol–water partition coefficient (Wildman–Crippen LogP) is 1.91. The summed E-state index contributed by atoms with van der Waals surface area (Å²) >= 11 is 1.19. The van der Waals surface area contributed by atoms with Gasteiger partial charge in [0.1, 0.15) is 0 Å². The number of aromatic nitrogens is 4. The van der Waals surface area contributed by atoms with Gasteiger partial charge in [-0.1, -0.05) is 42.1 Å². The zero-order valence-electron chi connectivity index (χ0n) is 15.5. The molecule has 0 aliphatic carbocycles. The lowest BCUT2D eigenvalue weighted by Gasteiger charge is -2.08. The summed E-state index contributed by atoms with van der Waals surface area (Å²) in [6.45, 7) is 0. The number of nitrogens with one attached hydrogen (secondary N) is 2. The van der Waals surface area contributed by atoms with Crippen LogP contribution in [0.2, 0.25) is 0 Å². The van der Waals surface area contributed by atoms with E-state index in [-0.39, 0.29) is 17.2 Å². The Morgan fingerprint density at radius 1 is 1.07 bits per heavy atom. The van der Waals surface area contributed by atoms with E-state index < -0.39 is 5.91 Å². The van der Waals surface area contributed by atoms with E-state index in [4.69, 9.17) is 5.73 Å². The Labute approximate surface area is 174 Å². The Balaban J connectivity index is 1.54. The number of hydrogen-bond acceptors (Lipinski definition) is 6. The highest BCUT2D eigenvalue weighted by atomic mass is 32.2. The van der Waals surface area contributed by atoms with E-state index in [0.29, 0.717) is 27.9 Å². The number of primary amides is 1. The average molecular weight is 420 g/mol. The third-order valence-corrected chi connectivity index (χ3v) is 5.16. The Bertz CT molecular complexity index is 1280. The third-order valence-electron chi connectivity index (χ3n) is 4.23. The van der Waals surface area contributed by atoms with Gasteiger partial charge in [-0.3, -0.25) is 23.8 Å². The summed E-state index contributed by atoms with van der Waals surface area (Å²) in [6.07, 6.45) is 0. The number of carbonyl (C=O) groups is 2. The maximum absolute atomic E-state index is 12.3. The van der Waals surface area contributed by atoms with E-state index in [1.165, 1.54) is 17.8 Å². The number of aromatic amines is 1. The molecule has 0 aliphatic heterocycles. The maximum Gasteiger partial charge on any atom is 0.252 e. The number of carbonyl (C=O) groups excluding carboxylic acids is 2. The van der Waals surface area contributed by atoms with Gasteiger partial charge in [0, 0.05) is 17.3 Å². The Hall–Kier alpha value is -3.92. The molecule has 0 fully saturated rings. The maximum atomic E-state index is 12.3. The van der Waals surface area contributed by atoms with Crippen LogP contribution in [0.4, 0.5) is 5.69 Å². The van der Waals surface area contributed by atoms with Crippen molar-refractivity contribution in [2.24, 2.45) is 5.73 Å². The molecule has 0 radical (unpaired) electrons. The van der Waals surface area contributed by atoms with Gasteiger partial charge in [0.25, 0.3) is 5.56 Å². The third kappa shape index (κ3) is 4.08. The quantitative estimate of drug-likeness (QED) is 0.408. The highest BCUT2D eigenvalue weighted by molar-refractivity contribution is 7.99. The van der Waals surface area contributed by atoms with Crippen LogP contribution in [0.25, 0.3) is 17.0 Å².